The molecule has 1 aromatic carbocycles. The molecule has 2 amide bonds. The van der Waals surface area contributed by atoms with E-state index in [1.54, 1.807) is 31.2 Å². The number of carbonyl (C=O) groups is 3. The van der Waals surface area contributed by atoms with Crippen molar-refractivity contribution in [1.82, 2.24) is 10.6 Å². The molecule has 0 bridgehead atoms. The van der Waals surface area contributed by atoms with E-state index < -0.39 is 0 Å². The zero-order valence-corrected chi connectivity index (χ0v) is 12.1. The maximum absolute atomic E-state index is 11.7. The molecule has 0 aliphatic carbocycles. The van der Waals surface area contributed by atoms with Crippen LogP contribution >= 0.6 is 0 Å². The van der Waals surface area contributed by atoms with Gasteiger partial charge >= 0.3 is 5.97 Å². The van der Waals surface area contributed by atoms with Crippen LogP contribution in [0.5, 0.6) is 0 Å². The van der Waals surface area contributed by atoms with Crippen LogP contribution in [0.2, 0.25) is 0 Å². The fraction of sp³-hybridized carbons (Fsp3) is 0.400. The molecule has 0 saturated carbocycles. The minimum atomic E-state index is -0.338. The molecule has 6 heteroatoms. The molecule has 0 unspecified atom stereocenters. The Morgan fingerprint density at radius 3 is 2.33 bits per heavy atom. The van der Waals surface area contributed by atoms with E-state index in [0.29, 0.717) is 12.2 Å². The molecule has 0 saturated heterocycles. The summed E-state index contributed by atoms with van der Waals surface area (Å²) in [6.07, 6.45) is 0.317. The molecule has 0 atom stereocenters. The predicted octanol–water partition coefficient (Wildman–Crippen LogP) is 0.876. The van der Waals surface area contributed by atoms with Gasteiger partial charge in [-0.25, -0.2) is 0 Å². The minimum absolute atomic E-state index is 0.149. The average Bonchev–Trinajstić information content (AvgIpc) is 2.48. The summed E-state index contributed by atoms with van der Waals surface area (Å²) in [7, 11) is 0. The number of hydrogen-bond donors (Lipinski definition) is 2. The van der Waals surface area contributed by atoms with Gasteiger partial charge in [0.2, 0.25) is 5.91 Å². The molecule has 21 heavy (non-hydrogen) atoms. The number of carbonyl (C=O) groups excluding carboxylic acids is 3. The van der Waals surface area contributed by atoms with E-state index in [0.717, 1.165) is 0 Å². The van der Waals surface area contributed by atoms with E-state index in [4.69, 9.17) is 4.74 Å². The topological polar surface area (TPSA) is 84.5 Å². The Balaban J connectivity index is 2.13. The summed E-state index contributed by atoms with van der Waals surface area (Å²) in [6, 6.07) is 8.78. The van der Waals surface area contributed by atoms with Crippen LogP contribution in [0, 0.1) is 0 Å². The molecule has 0 aliphatic heterocycles. The molecule has 0 aromatic heterocycles. The summed E-state index contributed by atoms with van der Waals surface area (Å²) >= 11 is 0. The number of ether oxygens (including phenoxy) is 1. The standard InChI is InChI=1S/C15H20N2O4/c1-2-21-14(19)9-11-16-13(18)8-10-17-15(20)12-6-4-3-5-7-12/h3-7H,2,8-11H2,1H3,(H,16,18)(H,17,20). The van der Waals surface area contributed by atoms with E-state index >= 15 is 0 Å². The Bertz CT molecular complexity index is 474. The van der Waals surface area contributed by atoms with Crippen LogP contribution in [-0.2, 0) is 14.3 Å². The van der Waals surface area contributed by atoms with Crippen molar-refractivity contribution < 1.29 is 19.1 Å². The lowest BCUT2D eigenvalue weighted by Crippen LogP contribution is -2.31. The lowest BCUT2D eigenvalue weighted by atomic mass is 10.2. The third-order valence-electron chi connectivity index (χ3n) is 2.63. The van der Waals surface area contributed by atoms with Gasteiger partial charge in [0, 0.05) is 25.1 Å². The van der Waals surface area contributed by atoms with Crippen molar-refractivity contribution in [2.75, 3.05) is 19.7 Å². The Morgan fingerprint density at radius 2 is 1.67 bits per heavy atom. The molecule has 114 valence electrons. The fourth-order valence-corrected chi connectivity index (χ4v) is 1.61. The smallest absolute Gasteiger partial charge is 0.307 e. The number of esters is 1. The molecule has 0 spiro atoms. The highest BCUT2D eigenvalue weighted by Crippen LogP contribution is 1.97. The van der Waals surface area contributed by atoms with Crippen molar-refractivity contribution in [3.8, 4) is 0 Å². The summed E-state index contributed by atoms with van der Waals surface area (Å²) in [5, 5.41) is 5.25. The first-order valence-electron chi connectivity index (χ1n) is 6.89. The maximum Gasteiger partial charge on any atom is 0.307 e. The predicted molar refractivity (Wildman–Crippen MR) is 77.7 cm³/mol. The third-order valence-corrected chi connectivity index (χ3v) is 2.63. The van der Waals surface area contributed by atoms with Crippen molar-refractivity contribution in [3.63, 3.8) is 0 Å². The highest BCUT2D eigenvalue weighted by molar-refractivity contribution is 5.94. The highest BCUT2D eigenvalue weighted by Gasteiger charge is 2.07. The van der Waals surface area contributed by atoms with E-state index in [1.807, 2.05) is 6.07 Å². The van der Waals surface area contributed by atoms with Gasteiger partial charge in [0.15, 0.2) is 0 Å². The van der Waals surface area contributed by atoms with Crippen LogP contribution < -0.4 is 10.6 Å². The normalized spacial score (nSPS) is 9.76. The van der Waals surface area contributed by atoms with Crippen LogP contribution in [0.25, 0.3) is 0 Å². The Morgan fingerprint density at radius 1 is 1.00 bits per heavy atom. The van der Waals surface area contributed by atoms with Gasteiger partial charge in [-0.2, -0.15) is 0 Å². The van der Waals surface area contributed by atoms with Gasteiger partial charge in [-0.05, 0) is 19.1 Å². The van der Waals surface area contributed by atoms with E-state index in [9.17, 15) is 14.4 Å². The largest absolute Gasteiger partial charge is 0.466 e. The van der Waals surface area contributed by atoms with Crippen molar-refractivity contribution in [1.29, 1.82) is 0 Å². The lowest BCUT2D eigenvalue weighted by Gasteiger charge is -2.06. The second-order valence-corrected chi connectivity index (χ2v) is 4.28. The number of rotatable bonds is 8. The van der Waals surface area contributed by atoms with Gasteiger partial charge in [0.05, 0.1) is 13.0 Å². The number of nitrogens with one attached hydrogen (secondary N) is 2. The molecule has 0 fully saturated rings. The highest BCUT2D eigenvalue weighted by atomic mass is 16.5. The summed E-state index contributed by atoms with van der Waals surface area (Å²) in [4.78, 5) is 34.2. The van der Waals surface area contributed by atoms with Crippen molar-refractivity contribution in [2.24, 2.45) is 0 Å². The molecule has 1 aromatic rings. The van der Waals surface area contributed by atoms with Gasteiger partial charge in [-0.3, -0.25) is 14.4 Å². The van der Waals surface area contributed by atoms with Gasteiger partial charge in [0.25, 0.3) is 5.91 Å². The average molecular weight is 292 g/mol. The van der Waals surface area contributed by atoms with E-state index in [-0.39, 0.29) is 43.7 Å². The quantitative estimate of drug-likeness (QED) is 0.696. The van der Waals surface area contributed by atoms with Crippen molar-refractivity contribution in [2.45, 2.75) is 19.8 Å². The Kier molecular flexibility index (Phi) is 7.56. The van der Waals surface area contributed by atoms with Crippen molar-refractivity contribution in [3.05, 3.63) is 35.9 Å². The molecule has 0 radical (unpaired) electrons. The molecule has 6 nitrogen and oxygen atoms in total. The maximum atomic E-state index is 11.7. The SMILES string of the molecule is CCOC(=O)CCNC(=O)CCNC(=O)c1ccccc1. The second kappa shape index (κ2) is 9.52. The van der Waals surface area contributed by atoms with Gasteiger partial charge in [0.1, 0.15) is 0 Å². The summed E-state index contributed by atoms with van der Waals surface area (Å²) < 4.78 is 4.74. The first-order valence-corrected chi connectivity index (χ1v) is 6.89. The lowest BCUT2D eigenvalue weighted by molar-refractivity contribution is -0.143. The minimum Gasteiger partial charge on any atom is -0.466 e. The molecule has 1 rings (SSSR count). The number of amides is 2. The van der Waals surface area contributed by atoms with Gasteiger partial charge in [-0.1, -0.05) is 18.2 Å². The first kappa shape index (κ1) is 16.7. The molecular weight excluding hydrogens is 272 g/mol. The summed E-state index contributed by atoms with van der Waals surface area (Å²) in [5.41, 5.74) is 0.556. The number of hydrogen-bond acceptors (Lipinski definition) is 4. The molecule has 2 N–H and O–H groups in total. The fourth-order valence-electron chi connectivity index (χ4n) is 1.61. The summed E-state index contributed by atoms with van der Waals surface area (Å²) in [6.45, 7) is 2.55. The summed E-state index contributed by atoms with van der Waals surface area (Å²) in [5.74, 6) is -0.766. The number of benzene rings is 1. The van der Waals surface area contributed by atoms with E-state index in [2.05, 4.69) is 10.6 Å². The molecule has 0 aliphatic rings. The second-order valence-electron chi connectivity index (χ2n) is 4.28. The van der Waals surface area contributed by atoms with Gasteiger partial charge in [-0.15, -0.1) is 0 Å². The monoisotopic (exact) mass is 292 g/mol. The van der Waals surface area contributed by atoms with Crippen LogP contribution in [0.3, 0.4) is 0 Å². The first-order chi connectivity index (χ1) is 10.1. The molecular formula is C15H20N2O4. The Labute approximate surface area is 123 Å². The zero-order valence-electron chi connectivity index (χ0n) is 12.1. The van der Waals surface area contributed by atoms with Crippen LogP contribution in [-0.4, -0.2) is 37.5 Å². The molecule has 0 heterocycles. The van der Waals surface area contributed by atoms with Gasteiger partial charge < -0.3 is 15.4 Å². The van der Waals surface area contributed by atoms with Crippen LogP contribution in [0.4, 0.5) is 0 Å². The van der Waals surface area contributed by atoms with Crippen LogP contribution in [0.1, 0.15) is 30.1 Å². The van der Waals surface area contributed by atoms with Crippen LogP contribution in [0.15, 0.2) is 30.3 Å². The third kappa shape index (κ3) is 7.10. The Hall–Kier alpha value is -2.37. The van der Waals surface area contributed by atoms with Crippen molar-refractivity contribution >= 4 is 17.8 Å². The zero-order chi connectivity index (χ0) is 15.5. The van der Waals surface area contributed by atoms with E-state index in [1.165, 1.54) is 0 Å².